The molecule has 2 aliphatic rings. The largest absolute Gasteiger partial charge is 0.354 e. The van der Waals surface area contributed by atoms with E-state index in [9.17, 15) is 19.2 Å². The lowest BCUT2D eigenvalue weighted by Crippen LogP contribution is -2.68. The van der Waals surface area contributed by atoms with Gasteiger partial charge in [0.05, 0.1) is 0 Å². The van der Waals surface area contributed by atoms with E-state index < -0.39 is 29.3 Å². The van der Waals surface area contributed by atoms with Gasteiger partial charge in [0.25, 0.3) is 0 Å². The number of amides is 5. The van der Waals surface area contributed by atoms with Gasteiger partial charge in [-0.15, -0.1) is 0 Å². The van der Waals surface area contributed by atoms with Crippen molar-refractivity contribution in [1.82, 2.24) is 15.5 Å². The first-order valence-corrected chi connectivity index (χ1v) is 6.94. The molecule has 0 spiro atoms. The summed E-state index contributed by atoms with van der Waals surface area (Å²) in [6.45, 7) is 4.01. The molecule has 0 aromatic rings. The van der Waals surface area contributed by atoms with Crippen molar-refractivity contribution >= 4 is 23.8 Å². The monoisotopic (exact) mass is 281 g/mol. The number of hydrogen-bond donors (Lipinski definition) is 2. The van der Waals surface area contributed by atoms with Crippen LogP contribution in [0.25, 0.3) is 0 Å². The second-order valence-electron chi connectivity index (χ2n) is 5.17. The van der Waals surface area contributed by atoms with E-state index >= 15 is 0 Å². The molecular formula is C13H19N3O4. The summed E-state index contributed by atoms with van der Waals surface area (Å²) in [5.41, 5.74) is -1.24. The molecule has 2 rings (SSSR count). The maximum atomic E-state index is 12.6. The van der Waals surface area contributed by atoms with Gasteiger partial charge in [-0.3, -0.25) is 24.6 Å². The van der Waals surface area contributed by atoms with Crippen molar-refractivity contribution in [2.75, 3.05) is 6.54 Å². The summed E-state index contributed by atoms with van der Waals surface area (Å²) in [6.07, 6.45) is 1.73. The van der Waals surface area contributed by atoms with Crippen LogP contribution in [0.3, 0.4) is 0 Å². The van der Waals surface area contributed by atoms with Crippen molar-refractivity contribution in [1.29, 1.82) is 0 Å². The Labute approximate surface area is 117 Å². The highest BCUT2D eigenvalue weighted by molar-refractivity contribution is 6.20. The lowest BCUT2D eigenvalue weighted by atomic mass is 9.78. The molecule has 110 valence electrons. The van der Waals surface area contributed by atoms with E-state index in [1.807, 2.05) is 0 Å². The van der Waals surface area contributed by atoms with Crippen LogP contribution in [0.15, 0.2) is 0 Å². The van der Waals surface area contributed by atoms with Crippen LogP contribution in [0, 0.1) is 5.41 Å². The fraction of sp³-hybridized carbons (Fsp3) is 0.692. The zero-order valence-electron chi connectivity index (χ0n) is 11.7. The van der Waals surface area contributed by atoms with Crippen LogP contribution in [-0.4, -0.2) is 41.2 Å². The van der Waals surface area contributed by atoms with E-state index in [0.717, 1.165) is 4.90 Å². The zero-order chi connectivity index (χ0) is 14.9. The minimum atomic E-state index is -1.24. The highest BCUT2D eigenvalue weighted by Gasteiger charge is 2.54. The molecule has 2 fully saturated rings. The third-order valence-corrected chi connectivity index (χ3v) is 4.28. The summed E-state index contributed by atoms with van der Waals surface area (Å²) < 4.78 is 0. The van der Waals surface area contributed by atoms with Crippen LogP contribution >= 0.6 is 0 Å². The Kier molecular flexibility index (Phi) is 3.78. The van der Waals surface area contributed by atoms with E-state index in [-0.39, 0.29) is 5.91 Å². The van der Waals surface area contributed by atoms with Crippen LogP contribution in [0.5, 0.6) is 0 Å². The van der Waals surface area contributed by atoms with E-state index in [0.29, 0.717) is 32.2 Å². The Morgan fingerprint density at radius 3 is 2.40 bits per heavy atom. The zero-order valence-corrected chi connectivity index (χ0v) is 11.7. The maximum Gasteiger partial charge on any atom is 0.331 e. The van der Waals surface area contributed by atoms with Gasteiger partial charge in [0.15, 0.2) is 0 Å². The molecular weight excluding hydrogens is 262 g/mol. The number of nitrogens with one attached hydrogen (secondary N) is 2. The molecule has 20 heavy (non-hydrogen) atoms. The van der Waals surface area contributed by atoms with Crippen molar-refractivity contribution in [3.8, 4) is 0 Å². The van der Waals surface area contributed by atoms with Gasteiger partial charge in [-0.2, -0.15) is 0 Å². The summed E-state index contributed by atoms with van der Waals surface area (Å²) in [6, 6.07) is -1.61. The fourth-order valence-corrected chi connectivity index (χ4v) is 2.86. The van der Waals surface area contributed by atoms with E-state index in [2.05, 4.69) is 10.6 Å². The quantitative estimate of drug-likeness (QED) is 0.720. The molecule has 0 aromatic carbocycles. The van der Waals surface area contributed by atoms with Crippen molar-refractivity contribution < 1.29 is 19.2 Å². The van der Waals surface area contributed by atoms with Crippen LogP contribution in [0.4, 0.5) is 4.79 Å². The number of carbonyl (C=O) groups excluding carboxylic acids is 4. The molecule has 7 heteroatoms. The van der Waals surface area contributed by atoms with Crippen molar-refractivity contribution in [2.24, 2.45) is 5.41 Å². The minimum absolute atomic E-state index is 0.298. The highest BCUT2D eigenvalue weighted by atomic mass is 16.2. The van der Waals surface area contributed by atoms with Gasteiger partial charge in [-0.05, 0) is 25.7 Å². The number of rotatable bonds is 3. The molecule has 1 atom stereocenters. The number of carbonyl (C=O) groups is 4. The summed E-state index contributed by atoms with van der Waals surface area (Å²) in [7, 11) is 0. The standard InChI is InChI=1S/C13H19N3O4/c1-3-13(4-2)10(18)15-12(20)16(11(13)19)8-6-5-7-14-9(8)17/h8H,3-7H2,1-2H3,(H,14,17)(H,15,18,20). The first-order chi connectivity index (χ1) is 9.47. The molecule has 0 aliphatic carbocycles. The number of nitrogens with zero attached hydrogens (tertiary/aromatic N) is 1. The Bertz CT molecular complexity index is 470. The van der Waals surface area contributed by atoms with Crippen LogP contribution in [0.2, 0.25) is 0 Å². The maximum absolute atomic E-state index is 12.6. The van der Waals surface area contributed by atoms with Gasteiger partial charge in [0.2, 0.25) is 17.7 Å². The molecule has 0 bridgehead atoms. The molecule has 2 heterocycles. The summed E-state index contributed by atoms with van der Waals surface area (Å²) in [5, 5.41) is 4.86. The Morgan fingerprint density at radius 2 is 1.85 bits per heavy atom. The molecule has 2 N–H and O–H groups in total. The Morgan fingerprint density at radius 1 is 1.20 bits per heavy atom. The predicted molar refractivity (Wildman–Crippen MR) is 69.4 cm³/mol. The molecule has 5 amide bonds. The van der Waals surface area contributed by atoms with Crippen molar-refractivity contribution in [2.45, 2.75) is 45.6 Å². The molecule has 0 aromatic heterocycles. The van der Waals surface area contributed by atoms with Gasteiger partial charge in [0.1, 0.15) is 11.5 Å². The SMILES string of the molecule is CCC1(CC)C(=O)NC(=O)N(C2CCCNC2=O)C1=O. The first-order valence-electron chi connectivity index (χ1n) is 6.94. The lowest BCUT2D eigenvalue weighted by Gasteiger charge is -2.41. The number of imide groups is 2. The normalized spacial score (nSPS) is 26.3. The van der Waals surface area contributed by atoms with Gasteiger partial charge in [0, 0.05) is 6.54 Å². The van der Waals surface area contributed by atoms with Crippen LogP contribution in [0.1, 0.15) is 39.5 Å². The number of urea groups is 1. The number of barbiturate groups is 1. The molecule has 0 saturated carbocycles. The number of piperidine rings is 1. The smallest absolute Gasteiger partial charge is 0.331 e. The van der Waals surface area contributed by atoms with Crippen molar-refractivity contribution in [3.63, 3.8) is 0 Å². The fourth-order valence-electron chi connectivity index (χ4n) is 2.86. The topological polar surface area (TPSA) is 95.6 Å². The Balaban J connectivity index is 2.37. The average molecular weight is 281 g/mol. The minimum Gasteiger partial charge on any atom is -0.354 e. The molecule has 7 nitrogen and oxygen atoms in total. The van der Waals surface area contributed by atoms with Crippen LogP contribution in [-0.2, 0) is 14.4 Å². The summed E-state index contributed by atoms with van der Waals surface area (Å²) >= 11 is 0. The van der Waals surface area contributed by atoms with Gasteiger partial charge in [-0.1, -0.05) is 13.8 Å². The average Bonchev–Trinajstić information content (AvgIpc) is 2.42. The van der Waals surface area contributed by atoms with Gasteiger partial charge < -0.3 is 5.32 Å². The van der Waals surface area contributed by atoms with E-state index in [1.165, 1.54) is 0 Å². The first kappa shape index (κ1) is 14.5. The van der Waals surface area contributed by atoms with Gasteiger partial charge >= 0.3 is 6.03 Å². The third kappa shape index (κ3) is 1.97. The van der Waals surface area contributed by atoms with E-state index in [4.69, 9.17) is 0 Å². The molecule has 1 unspecified atom stereocenters. The molecule has 2 aliphatic heterocycles. The molecule has 0 radical (unpaired) electrons. The predicted octanol–water partition coefficient (Wildman–Crippen LogP) is 0.150. The number of hydrogen-bond acceptors (Lipinski definition) is 4. The lowest BCUT2D eigenvalue weighted by molar-refractivity contribution is -0.156. The second-order valence-corrected chi connectivity index (χ2v) is 5.17. The van der Waals surface area contributed by atoms with Crippen LogP contribution < -0.4 is 10.6 Å². The second kappa shape index (κ2) is 5.22. The molecule has 2 saturated heterocycles. The third-order valence-electron chi connectivity index (χ3n) is 4.28. The summed E-state index contributed by atoms with van der Waals surface area (Å²) in [4.78, 5) is 49.5. The highest BCUT2D eigenvalue weighted by Crippen LogP contribution is 2.34. The van der Waals surface area contributed by atoms with Gasteiger partial charge in [-0.25, -0.2) is 4.79 Å². The Hall–Kier alpha value is -1.92. The van der Waals surface area contributed by atoms with E-state index in [1.54, 1.807) is 13.8 Å². The summed E-state index contributed by atoms with van der Waals surface area (Å²) in [5.74, 6) is -1.46. The van der Waals surface area contributed by atoms with Crippen molar-refractivity contribution in [3.05, 3.63) is 0 Å².